The van der Waals surface area contributed by atoms with Gasteiger partial charge in [0.15, 0.2) is 0 Å². The van der Waals surface area contributed by atoms with Gasteiger partial charge >= 0.3 is 0 Å². The van der Waals surface area contributed by atoms with Gasteiger partial charge < -0.3 is 14.2 Å². The fourth-order valence-electron chi connectivity index (χ4n) is 1.37. The van der Waals surface area contributed by atoms with Gasteiger partial charge in [0.05, 0.1) is 64.4 Å². The molecular formula is C12H26O9S2. The average Bonchev–Trinajstić information content (AvgIpc) is 2.38. The van der Waals surface area contributed by atoms with Crippen LogP contribution >= 0.6 is 0 Å². The Morgan fingerprint density at radius 1 is 0.696 bits per heavy atom. The van der Waals surface area contributed by atoms with Crippen LogP contribution in [0.1, 0.15) is 13.8 Å². The SMILES string of the molecule is C[C@@H](COC[C@H](C)OCCOS(C)(=O)=O)OCCOS(C)(=O)=O. The van der Waals surface area contributed by atoms with Crippen molar-refractivity contribution < 1.29 is 39.4 Å². The molecular weight excluding hydrogens is 352 g/mol. The van der Waals surface area contributed by atoms with Crippen molar-refractivity contribution in [2.24, 2.45) is 0 Å². The highest BCUT2D eigenvalue weighted by molar-refractivity contribution is 7.86. The number of rotatable bonds is 14. The van der Waals surface area contributed by atoms with Gasteiger partial charge in [0, 0.05) is 0 Å². The Hall–Kier alpha value is -0.300. The van der Waals surface area contributed by atoms with Crippen molar-refractivity contribution in [3.05, 3.63) is 0 Å². The van der Waals surface area contributed by atoms with E-state index in [2.05, 4.69) is 8.37 Å². The van der Waals surface area contributed by atoms with Crippen LogP contribution in [-0.4, -0.2) is 81.2 Å². The van der Waals surface area contributed by atoms with E-state index in [0.29, 0.717) is 13.2 Å². The van der Waals surface area contributed by atoms with Gasteiger partial charge in [-0.1, -0.05) is 0 Å². The van der Waals surface area contributed by atoms with E-state index in [1.165, 1.54) is 0 Å². The summed E-state index contributed by atoms with van der Waals surface area (Å²) in [7, 11) is -6.89. The standard InChI is InChI=1S/C12H26O9S2/c1-11(18-5-7-20-22(3,13)14)9-17-10-12(2)19-6-8-21-23(4,15)16/h11-12H,5-10H2,1-4H3/t11-,12-/m0/s1. The van der Waals surface area contributed by atoms with Crippen LogP contribution in [0.4, 0.5) is 0 Å². The van der Waals surface area contributed by atoms with E-state index in [9.17, 15) is 16.8 Å². The van der Waals surface area contributed by atoms with Gasteiger partial charge in [0.1, 0.15) is 0 Å². The first-order chi connectivity index (χ1) is 10.5. The average molecular weight is 378 g/mol. The minimum atomic E-state index is -3.45. The zero-order valence-electron chi connectivity index (χ0n) is 13.9. The molecule has 9 nitrogen and oxygen atoms in total. The van der Waals surface area contributed by atoms with Gasteiger partial charge in [-0.2, -0.15) is 16.8 Å². The Balaban J connectivity index is 3.57. The molecule has 140 valence electrons. The lowest BCUT2D eigenvalue weighted by atomic mass is 10.4. The molecule has 0 aromatic heterocycles. The first kappa shape index (κ1) is 22.7. The number of hydrogen-bond acceptors (Lipinski definition) is 9. The quantitative estimate of drug-likeness (QED) is 0.298. The molecule has 0 aromatic rings. The third kappa shape index (κ3) is 17.9. The van der Waals surface area contributed by atoms with Gasteiger partial charge in [0.25, 0.3) is 20.2 Å². The van der Waals surface area contributed by atoms with Crippen molar-refractivity contribution in [1.82, 2.24) is 0 Å². The molecule has 0 saturated heterocycles. The molecule has 0 spiro atoms. The summed E-state index contributed by atoms with van der Waals surface area (Å²) in [5.74, 6) is 0. The summed E-state index contributed by atoms with van der Waals surface area (Å²) in [6.07, 6.45) is 1.50. The molecule has 0 saturated carbocycles. The summed E-state index contributed by atoms with van der Waals surface area (Å²) >= 11 is 0. The van der Waals surface area contributed by atoms with Crippen LogP contribution in [0.25, 0.3) is 0 Å². The lowest BCUT2D eigenvalue weighted by molar-refractivity contribution is -0.0531. The van der Waals surface area contributed by atoms with Crippen LogP contribution in [0.3, 0.4) is 0 Å². The van der Waals surface area contributed by atoms with E-state index in [-0.39, 0.29) is 38.6 Å². The summed E-state index contributed by atoms with van der Waals surface area (Å²) in [5, 5.41) is 0. The monoisotopic (exact) mass is 378 g/mol. The van der Waals surface area contributed by atoms with Crippen LogP contribution in [0.5, 0.6) is 0 Å². The van der Waals surface area contributed by atoms with Crippen molar-refractivity contribution in [1.29, 1.82) is 0 Å². The molecule has 23 heavy (non-hydrogen) atoms. The van der Waals surface area contributed by atoms with Crippen LogP contribution in [0, 0.1) is 0 Å². The first-order valence-electron chi connectivity index (χ1n) is 6.99. The van der Waals surface area contributed by atoms with Crippen LogP contribution < -0.4 is 0 Å². The van der Waals surface area contributed by atoms with E-state index in [0.717, 1.165) is 12.5 Å². The second-order valence-electron chi connectivity index (χ2n) is 4.95. The highest BCUT2D eigenvalue weighted by Gasteiger charge is 2.08. The van der Waals surface area contributed by atoms with E-state index >= 15 is 0 Å². The Kier molecular flexibility index (Phi) is 11.1. The molecule has 0 bridgehead atoms. The number of hydrogen-bond donors (Lipinski definition) is 0. The van der Waals surface area contributed by atoms with E-state index in [1.807, 2.05) is 0 Å². The summed E-state index contributed by atoms with van der Waals surface area (Å²) in [4.78, 5) is 0. The van der Waals surface area contributed by atoms with E-state index in [1.54, 1.807) is 13.8 Å². The maximum absolute atomic E-state index is 10.7. The normalized spacial score (nSPS) is 15.5. The van der Waals surface area contributed by atoms with Gasteiger partial charge in [-0.3, -0.25) is 8.37 Å². The zero-order chi connectivity index (χ0) is 17.9. The molecule has 0 aliphatic rings. The molecule has 0 aliphatic heterocycles. The molecule has 0 aromatic carbocycles. The molecule has 0 unspecified atom stereocenters. The third-order valence-corrected chi connectivity index (χ3v) is 3.46. The predicted molar refractivity (Wildman–Crippen MR) is 83.2 cm³/mol. The van der Waals surface area contributed by atoms with Gasteiger partial charge in [-0.15, -0.1) is 0 Å². The van der Waals surface area contributed by atoms with E-state index < -0.39 is 20.2 Å². The zero-order valence-corrected chi connectivity index (χ0v) is 15.5. The summed E-state index contributed by atoms with van der Waals surface area (Å²) < 4.78 is 68.0. The highest BCUT2D eigenvalue weighted by Crippen LogP contribution is 1.98. The fraction of sp³-hybridized carbons (Fsp3) is 1.00. The molecule has 2 atom stereocenters. The molecule has 0 fully saturated rings. The summed E-state index contributed by atoms with van der Waals surface area (Å²) in [5.41, 5.74) is 0. The molecule has 11 heteroatoms. The molecule has 0 heterocycles. The maximum Gasteiger partial charge on any atom is 0.264 e. The molecule has 0 radical (unpaired) electrons. The first-order valence-corrected chi connectivity index (χ1v) is 10.6. The van der Waals surface area contributed by atoms with Gasteiger partial charge in [-0.25, -0.2) is 0 Å². The van der Waals surface area contributed by atoms with Crippen molar-refractivity contribution in [2.75, 3.05) is 52.2 Å². The molecule has 0 rings (SSSR count). The third-order valence-electron chi connectivity index (χ3n) is 2.27. The smallest absolute Gasteiger partial charge is 0.264 e. The minimum Gasteiger partial charge on any atom is -0.376 e. The fourth-order valence-corrected chi connectivity index (χ4v) is 2.11. The second kappa shape index (κ2) is 11.3. The Morgan fingerprint density at radius 2 is 1.04 bits per heavy atom. The Bertz CT molecular complexity index is 455. The maximum atomic E-state index is 10.7. The van der Waals surface area contributed by atoms with Gasteiger partial charge in [0.2, 0.25) is 0 Å². The van der Waals surface area contributed by atoms with Crippen molar-refractivity contribution in [2.45, 2.75) is 26.1 Å². The van der Waals surface area contributed by atoms with Crippen molar-refractivity contribution in [3.63, 3.8) is 0 Å². The lowest BCUT2D eigenvalue weighted by Gasteiger charge is -2.16. The predicted octanol–water partition coefficient (Wildman–Crippen LogP) is -0.234. The van der Waals surface area contributed by atoms with Gasteiger partial charge in [-0.05, 0) is 13.8 Å². The Labute approximate surface area is 138 Å². The van der Waals surface area contributed by atoms with Crippen LogP contribution in [0.15, 0.2) is 0 Å². The minimum absolute atomic E-state index is 0.0387. The Morgan fingerprint density at radius 3 is 1.35 bits per heavy atom. The topological polar surface area (TPSA) is 114 Å². The molecule has 0 N–H and O–H groups in total. The van der Waals surface area contributed by atoms with Crippen LogP contribution in [-0.2, 0) is 42.8 Å². The molecule has 0 amide bonds. The largest absolute Gasteiger partial charge is 0.376 e. The van der Waals surface area contributed by atoms with E-state index in [4.69, 9.17) is 14.2 Å². The van der Waals surface area contributed by atoms with Crippen molar-refractivity contribution >= 4 is 20.2 Å². The second-order valence-corrected chi connectivity index (χ2v) is 8.24. The summed E-state index contributed by atoms with van der Waals surface area (Å²) in [6, 6.07) is 0. The highest BCUT2D eigenvalue weighted by atomic mass is 32.2. The number of ether oxygens (including phenoxy) is 3. The molecule has 0 aliphatic carbocycles. The van der Waals surface area contributed by atoms with Crippen molar-refractivity contribution in [3.8, 4) is 0 Å². The lowest BCUT2D eigenvalue weighted by Crippen LogP contribution is -2.24. The summed E-state index contributed by atoms with van der Waals surface area (Å²) in [6.45, 7) is 4.40. The van der Waals surface area contributed by atoms with Crippen LogP contribution in [0.2, 0.25) is 0 Å².